The molecule has 0 aromatic carbocycles. The molecule has 1 heterocycles. The van der Waals surface area contributed by atoms with Crippen LogP contribution in [0.3, 0.4) is 0 Å². The van der Waals surface area contributed by atoms with Crippen molar-refractivity contribution in [2.75, 3.05) is 0 Å². The maximum Gasteiger partial charge on any atom is 0.112 e. The topological polar surface area (TPSA) is 62.9 Å². The number of hydrogen-bond donors (Lipinski definition) is 1. The summed E-state index contributed by atoms with van der Waals surface area (Å²) in [6.45, 7) is 3.68. The maximum absolute atomic E-state index is 8.65. The Morgan fingerprint density at radius 3 is 2.92 bits per heavy atom. The van der Waals surface area contributed by atoms with Crippen LogP contribution in [0.4, 0.5) is 0 Å². The van der Waals surface area contributed by atoms with E-state index in [0.717, 1.165) is 17.7 Å². The van der Waals surface area contributed by atoms with Gasteiger partial charge in [0, 0.05) is 12.0 Å². The lowest BCUT2D eigenvalue weighted by Gasteiger charge is -2.00. The Labute approximate surface area is 77.5 Å². The Hall–Kier alpha value is -1.69. The van der Waals surface area contributed by atoms with Gasteiger partial charge in [0.1, 0.15) is 5.76 Å². The number of allylic oxidation sites excluding steroid dienone is 1. The molecular formula is C10H12N2O. The Morgan fingerprint density at radius 2 is 2.38 bits per heavy atom. The minimum Gasteiger partial charge on any atom is -0.469 e. The summed E-state index contributed by atoms with van der Waals surface area (Å²) in [7, 11) is 0. The highest BCUT2D eigenvalue weighted by Crippen LogP contribution is 2.19. The summed E-state index contributed by atoms with van der Waals surface area (Å²) in [5.41, 5.74) is 7.63. The summed E-state index contributed by atoms with van der Waals surface area (Å²) in [5.74, 6) is 0.826. The van der Waals surface area contributed by atoms with E-state index in [1.807, 2.05) is 13.0 Å². The molecule has 0 aliphatic carbocycles. The van der Waals surface area contributed by atoms with Crippen LogP contribution in [0, 0.1) is 11.3 Å². The summed E-state index contributed by atoms with van der Waals surface area (Å²) in [5, 5.41) is 8.65. The fraction of sp³-hybridized carbons (Fsp3) is 0.300. The van der Waals surface area contributed by atoms with E-state index in [1.54, 1.807) is 19.3 Å². The van der Waals surface area contributed by atoms with Gasteiger partial charge in [-0.05, 0) is 13.0 Å². The first kappa shape index (κ1) is 9.40. The van der Waals surface area contributed by atoms with Gasteiger partial charge in [0.2, 0.25) is 0 Å². The van der Waals surface area contributed by atoms with E-state index in [4.69, 9.17) is 15.4 Å². The quantitative estimate of drug-likeness (QED) is 0.701. The van der Waals surface area contributed by atoms with Crippen molar-refractivity contribution < 1.29 is 4.42 Å². The summed E-state index contributed by atoms with van der Waals surface area (Å²) < 4.78 is 5.21. The number of hydrogen-bond acceptors (Lipinski definition) is 3. The Balaban J connectivity index is 3.17. The van der Waals surface area contributed by atoms with Crippen molar-refractivity contribution in [3.63, 3.8) is 0 Å². The molecule has 0 unspecified atom stereocenters. The van der Waals surface area contributed by atoms with Crippen LogP contribution in [0.5, 0.6) is 0 Å². The molecule has 0 fully saturated rings. The van der Waals surface area contributed by atoms with E-state index in [-0.39, 0.29) is 0 Å². The molecule has 0 aliphatic rings. The second kappa shape index (κ2) is 3.81. The molecule has 2 N–H and O–H groups in total. The van der Waals surface area contributed by atoms with Gasteiger partial charge in [-0.25, -0.2) is 0 Å². The number of aryl methyl sites for hydroxylation is 1. The molecule has 1 aromatic heterocycles. The standard InChI is InChI=1S/C10H12N2O/c1-3-9-8(4-5-13-9)10(12)7(2)6-11/h4-5H,3,12H2,1-2H3/b10-7+. The number of rotatable bonds is 2. The third-order valence-corrected chi connectivity index (χ3v) is 1.93. The largest absolute Gasteiger partial charge is 0.469 e. The predicted octanol–water partition coefficient (Wildman–Crippen LogP) is 2.06. The smallest absolute Gasteiger partial charge is 0.112 e. The molecule has 1 aromatic rings. The van der Waals surface area contributed by atoms with Crippen molar-refractivity contribution >= 4 is 5.70 Å². The Kier molecular flexibility index (Phi) is 2.76. The average Bonchev–Trinajstić information content (AvgIpc) is 2.62. The highest BCUT2D eigenvalue weighted by atomic mass is 16.3. The molecule has 0 saturated carbocycles. The van der Waals surface area contributed by atoms with E-state index < -0.39 is 0 Å². The first-order chi connectivity index (χ1) is 6.20. The van der Waals surface area contributed by atoms with Crippen molar-refractivity contribution in [2.45, 2.75) is 20.3 Å². The number of nitriles is 1. The molecule has 3 heteroatoms. The zero-order valence-electron chi connectivity index (χ0n) is 7.79. The normalized spacial score (nSPS) is 12.1. The van der Waals surface area contributed by atoms with Crippen LogP contribution in [0.1, 0.15) is 25.2 Å². The lowest BCUT2D eigenvalue weighted by molar-refractivity contribution is 0.515. The van der Waals surface area contributed by atoms with E-state index in [9.17, 15) is 0 Å². The lowest BCUT2D eigenvalue weighted by atomic mass is 10.1. The monoisotopic (exact) mass is 176 g/mol. The van der Waals surface area contributed by atoms with Crippen LogP contribution in [-0.4, -0.2) is 0 Å². The van der Waals surface area contributed by atoms with Crippen molar-refractivity contribution in [3.05, 3.63) is 29.2 Å². The van der Waals surface area contributed by atoms with Crippen LogP contribution in [0.25, 0.3) is 5.70 Å². The van der Waals surface area contributed by atoms with Crippen LogP contribution in [0.15, 0.2) is 22.3 Å². The van der Waals surface area contributed by atoms with Gasteiger partial charge in [-0.2, -0.15) is 5.26 Å². The zero-order chi connectivity index (χ0) is 9.84. The first-order valence-electron chi connectivity index (χ1n) is 4.13. The predicted molar refractivity (Wildman–Crippen MR) is 50.5 cm³/mol. The van der Waals surface area contributed by atoms with Crippen LogP contribution >= 0.6 is 0 Å². The molecule has 0 saturated heterocycles. The fourth-order valence-electron chi connectivity index (χ4n) is 1.12. The van der Waals surface area contributed by atoms with Crippen molar-refractivity contribution in [1.82, 2.24) is 0 Å². The summed E-state index contributed by atoms with van der Waals surface area (Å²) in [6.07, 6.45) is 2.37. The van der Waals surface area contributed by atoms with Crippen molar-refractivity contribution in [3.8, 4) is 6.07 Å². The molecule has 68 valence electrons. The van der Waals surface area contributed by atoms with Crippen LogP contribution in [-0.2, 0) is 6.42 Å². The number of nitrogens with two attached hydrogens (primary N) is 1. The van der Waals surface area contributed by atoms with E-state index in [0.29, 0.717) is 11.3 Å². The van der Waals surface area contributed by atoms with Gasteiger partial charge in [0.25, 0.3) is 0 Å². The SMILES string of the molecule is CCc1occc1/C(N)=C(/C)C#N. The number of nitrogens with zero attached hydrogens (tertiary/aromatic N) is 1. The summed E-state index contributed by atoms with van der Waals surface area (Å²) in [6, 6.07) is 3.80. The minimum atomic E-state index is 0.508. The lowest BCUT2D eigenvalue weighted by Crippen LogP contribution is -2.00. The van der Waals surface area contributed by atoms with E-state index in [1.165, 1.54) is 0 Å². The highest BCUT2D eigenvalue weighted by molar-refractivity contribution is 5.69. The van der Waals surface area contributed by atoms with E-state index in [2.05, 4.69) is 0 Å². The molecule has 3 nitrogen and oxygen atoms in total. The molecule has 1 rings (SSSR count). The molecule has 0 aliphatic heterocycles. The van der Waals surface area contributed by atoms with Gasteiger partial charge in [-0.1, -0.05) is 6.92 Å². The van der Waals surface area contributed by atoms with Gasteiger partial charge in [-0.15, -0.1) is 0 Å². The molecule has 0 atom stereocenters. The summed E-state index contributed by atoms with van der Waals surface area (Å²) >= 11 is 0. The third-order valence-electron chi connectivity index (χ3n) is 1.93. The molecule has 13 heavy (non-hydrogen) atoms. The van der Waals surface area contributed by atoms with Gasteiger partial charge in [-0.3, -0.25) is 0 Å². The molecular weight excluding hydrogens is 164 g/mol. The van der Waals surface area contributed by atoms with Gasteiger partial charge in [0.05, 0.1) is 23.6 Å². The molecule has 0 bridgehead atoms. The zero-order valence-corrected chi connectivity index (χ0v) is 7.79. The highest BCUT2D eigenvalue weighted by Gasteiger charge is 2.08. The van der Waals surface area contributed by atoms with Crippen LogP contribution in [0.2, 0.25) is 0 Å². The third kappa shape index (κ3) is 1.73. The maximum atomic E-state index is 8.65. The number of furan rings is 1. The summed E-state index contributed by atoms with van der Waals surface area (Å²) in [4.78, 5) is 0. The fourth-order valence-corrected chi connectivity index (χ4v) is 1.12. The van der Waals surface area contributed by atoms with Gasteiger partial charge in [0.15, 0.2) is 0 Å². The minimum absolute atomic E-state index is 0.508. The molecule has 0 amide bonds. The van der Waals surface area contributed by atoms with Gasteiger partial charge < -0.3 is 10.2 Å². The van der Waals surface area contributed by atoms with E-state index >= 15 is 0 Å². The van der Waals surface area contributed by atoms with Crippen molar-refractivity contribution in [2.24, 2.45) is 5.73 Å². The van der Waals surface area contributed by atoms with Crippen molar-refractivity contribution in [1.29, 1.82) is 5.26 Å². The first-order valence-corrected chi connectivity index (χ1v) is 4.13. The van der Waals surface area contributed by atoms with Gasteiger partial charge >= 0.3 is 0 Å². The molecule has 0 radical (unpaired) electrons. The molecule has 0 spiro atoms. The van der Waals surface area contributed by atoms with Crippen LogP contribution < -0.4 is 5.73 Å². The second-order valence-corrected chi connectivity index (χ2v) is 2.76. The Morgan fingerprint density at radius 1 is 1.69 bits per heavy atom. The Bertz CT molecular complexity index is 369. The average molecular weight is 176 g/mol. The second-order valence-electron chi connectivity index (χ2n) is 2.76.